The third-order valence-corrected chi connectivity index (χ3v) is 3.90. The molecule has 0 aliphatic carbocycles. The van der Waals surface area contributed by atoms with Crippen LogP contribution in [0.4, 0.5) is 5.69 Å². The summed E-state index contributed by atoms with van der Waals surface area (Å²) in [6, 6.07) is 4.99. The zero-order chi connectivity index (χ0) is 18.2. The molecule has 0 radical (unpaired) electrons. The lowest BCUT2D eigenvalue weighted by atomic mass is 9.89. The molecule has 130 valence electrons. The van der Waals surface area contributed by atoms with Gasteiger partial charge in [-0.05, 0) is 32.0 Å². The van der Waals surface area contributed by atoms with E-state index in [-0.39, 0.29) is 17.4 Å². The zero-order valence-electron chi connectivity index (χ0n) is 13.8. The topological polar surface area (TPSA) is 127 Å². The molecule has 0 spiro atoms. The summed E-state index contributed by atoms with van der Waals surface area (Å²) in [6.07, 6.45) is 2.75. The number of nitrogens with one attached hydrogen (secondary N) is 1. The van der Waals surface area contributed by atoms with Crippen LogP contribution in [-0.2, 0) is 0 Å². The number of nitrogens with two attached hydrogens (primary N) is 1. The van der Waals surface area contributed by atoms with Crippen molar-refractivity contribution in [2.75, 3.05) is 5.73 Å². The summed E-state index contributed by atoms with van der Waals surface area (Å²) in [6.45, 7) is 3.87. The molecule has 0 bridgehead atoms. The molecule has 25 heavy (non-hydrogen) atoms. The minimum Gasteiger partial charge on any atom is -0.487 e. The average Bonchev–Trinajstić information content (AvgIpc) is 2.55. The number of anilines is 1. The number of aromatic carboxylic acids is 1. The summed E-state index contributed by atoms with van der Waals surface area (Å²) in [5.74, 6) is -0.974. The highest BCUT2D eigenvalue weighted by molar-refractivity contribution is 5.93. The van der Waals surface area contributed by atoms with Crippen molar-refractivity contribution in [1.82, 2.24) is 15.3 Å². The van der Waals surface area contributed by atoms with E-state index in [0.717, 1.165) is 18.0 Å². The molecule has 0 saturated carbocycles. The van der Waals surface area contributed by atoms with Crippen molar-refractivity contribution in [2.45, 2.75) is 31.9 Å². The van der Waals surface area contributed by atoms with E-state index >= 15 is 0 Å². The fourth-order valence-electron chi connectivity index (χ4n) is 2.79. The third-order valence-electron chi connectivity index (χ3n) is 3.90. The molecule has 0 unspecified atom stereocenters. The van der Waals surface area contributed by atoms with Crippen molar-refractivity contribution in [2.24, 2.45) is 0 Å². The fourth-order valence-corrected chi connectivity index (χ4v) is 2.79. The Morgan fingerprint density at radius 2 is 1.96 bits per heavy atom. The monoisotopic (exact) mass is 342 g/mol. The van der Waals surface area contributed by atoms with Crippen LogP contribution in [0, 0.1) is 0 Å². The van der Waals surface area contributed by atoms with Gasteiger partial charge in [-0.3, -0.25) is 4.79 Å². The molecule has 1 aromatic heterocycles. The van der Waals surface area contributed by atoms with Crippen LogP contribution in [0.25, 0.3) is 0 Å². The second-order valence-corrected chi connectivity index (χ2v) is 6.48. The number of nitrogens with zero attached hydrogens (tertiary/aromatic N) is 2. The quantitative estimate of drug-likeness (QED) is 0.725. The molecule has 1 aliphatic heterocycles. The lowest BCUT2D eigenvalue weighted by Crippen LogP contribution is -2.41. The number of nitrogen functional groups attached to an aromatic ring is 1. The number of amides is 1. The Bertz CT molecular complexity index is 833. The molecule has 1 aromatic carbocycles. The van der Waals surface area contributed by atoms with Crippen LogP contribution in [0.2, 0.25) is 0 Å². The number of hydrogen-bond donors (Lipinski definition) is 3. The fraction of sp³-hybridized carbons (Fsp3) is 0.294. The predicted octanol–water partition coefficient (Wildman–Crippen LogP) is 1.79. The molecule has 0 fully saturated rings. The highest BCUT2D eigenvalue weighted by Gasteiger charge is 2.35. The molecule has 8 heteroatoms. The van der Waals surface area contributed by atoms with Crippen LogP contribution in [-0.4, -0.2) is 32.6 Å². The highest BCUT2D eigenvalue weighted by Crippen LogP contribution is 2.40. The zero-order valence-corrected chi connectivity index (χ0v) is 13.8. The van der Waals surface area contributed by atoms with E-state index in [1.165, 1.54) is 0 Å². The molecule has 8 nitrogen and oxygen atoms in total. The van der Waals surface area contributed by atoms with Crippen LogP contribution in [0.3, 0.4) is 0 Å². The maximum atomic E-state index is 12.5. The van der Waals surface area contributed by atoms with Gasteiger partial charge in [0.15, 0.2) is 5.69 Å². The van der Waals surface area contributed by atoms with Crippen molar-refractivity contribution in [1.29, 1.82) is 0 Å². The van der Waals surface area contributed by atoms with E-state index in [1.807, 2.05) is 13.8 Å². The molecule has 2 aromatic rings. The average molecular weight is 342 g/mol. The summed E-state index contributed by atoms with van der Waals surface area (Å²) in [4.78, 5) is 30.9. The number of rotatable bonds is 3. The Hall–Kier alpha value is -3.16. The molecule has 1 amide bonds. The smallest absolute Gasteiger partial charge is 0.356 e. The third kappa shape index (κ3) is 3.52. The normalized spacial score (nSPS) is 17.9. The first kappa shape index (κ1) is 16.7. The summed E-state index contributed by atoms with van der Waals surface area (Å²) in [5, 5.41) is 11.7. The van der Waals surface area contributed by atoms with Crippen molar-refractivity contribution < 1.29 is 19.4 Å². The maximum absolute atomic E-state index is 12.5. The number of ether oxygens (including phenoxy) is 1. The van der Waals surface area contributed by atoms with Gasteiger partial charge in [0, 0.05) is 17.7 Å². The first-order valence-electron chi connectivity index (χ1n) is 7.70. The van der Waals surface area contributed by atoms with Crippen LogP contribution in [0.5, 0.6) is 5.75 Å². The summed E-state index contributed by atoms with van der Waals surface area (Å²) >= 11 is 0. The standard InChI is InChI=1S/C17H18N4O4/c1-17(2)6-11(10-5-9(18)3-4-14(10)25-17)21-15(22)12-7-20-13(8-19-12)16(23)24/h3-5,7-8,11H,6,18H2,1-2H3,(H,21,22)(H,23,24)/t11-/m1/s1. The first-order chi connectivity index (χ1) is 11.7. The Morgan fingerprint density at radius 1 is 1.28 bits per heavy atom. The van der Waals surface area contributed by atoms with Crippen LogP contribution < -0.4 is 15.8 Å². The van der Waals surface area contributed by atoms with E-state index in [0.29, 0.717) is 17.9 Å². The maximum Gasteiger partial charge on any atom is 0.356 e. The number of hydrogen-bond acceptors (Lipinski definition) is 6. The van der Waals surface area contributed by atoms with Gasteiger partial charge in [0.25, 0.3) is 5.91 Å². The summed E-state index contributed by atoms with van der Waals surface area (Å²) < 4.78 is 5.93. The van der Waals surface area contributed by atoms with Crippen LogP contribution >= 0.6 is 0 Å². The van der Waals surface area contributed by atoms with Gasteiger partial charge in [-0.1, -0.05) is 0 Å². The van der Waals surface area contributed by atoms with Crippen LogP contribution in [0.15, 0.2) is 30.6 Å². The molecular formula is C17H18N4O4. The van der Waals surface area contributed by atoms with Crippen molar-refractivity contribution >= 4 is 17.6 Å². The number of carbonyl (C=O) groups excluding carboxylic acids is 1. The Morgan fingerprint density at radius 3 is 2.60 bits per heavy atom. The Labute approximate surface area is 144 Å². The van der Waals surface area contributed by atoms with Crippen molar-refractivity contribution in [3.63, 3.8) is 0 Å². The molecular weight excluding hydrogens is 324 g/mol. The molecule has 2 heterocycles. The SMILES string of the molecule is CC1(C)C[C@@H](NC(=O)c2cnc(C(=O)O)cn2)c2cc(N)ccc2O1. The first-order valence-corrected chi connectivity index (χ1v) is 7.70. The molecule has 4 N–H and O–H groups in total. The Kier molecular flexibility index (Phi) is 4.03. The number of aromatic nitrogens is 2. The van der Waals surface area contributed by atoms with E-state index in [4.69, 9.17) is 15.6 Å². The van der Waals surface area contributed by atoms with E-state index < -0.39 is 17.5 Å². The van der Waals surface area contributed by atoms with Gasteiger partial charge in [0.2, 0.25) is 0 Å². The number of carboxylic acid groups (broad SMARTS) is 1. The molecule has 3 rings (SSSR count). The summed E-state index contributed by atoms with van der Waals surface area (Å²) in [5.41, 5.74) is 6.58. The Balaban J connectivity index is 1.85. The van der Waals surface area contributed by atoms with Gasteiger partial charge in [-0.25, -0.2) is 14.8 Å². The molecule has 0 saturated heterocycles. The van der Waals surface area contributed by atoms with Gasteiger partial charge < -0.3 is 20.9 Å². The summed E-state index contributed by atoms with van der Waals surface area (Å²) in [7, 11) is 0. The minimum absolute atomic E-state index is 0.0414. The van der Waals surface area contributed by atoms with Gasteiger partial charge in [0.1, 0.15) is 17.0 Å². The number of fused-ring (bicyclic) bond motifs is 1. The van der Waals surface area contributed by atoms with E-state index in [2.05, 4.69) is 15.3 Å². The van der Waals surface area contributed by atoms with Gasteiger partial charge in [0.05, 0.1) is 18.4 Å². The van der Waals surface area contributed by atoms with Crippen molar-refractivity contribution in [3.8, 4) is 5.75 Å². The van der Waals surface area contributed by atoms with Gasteiger partial charge >= 0.3 is 5.97 Å². The predicted molar refractivity (Wildman–Crippen MR) is 89.4 cm³/mol. The van der Waals surface area contributed by atoms with E-state index in [9.17, 15) is 9.59 Å². The highest BCUT2D eigenvalue weighted by atomic mass is 16.5. The second kappa shape index (κ2) is 6.04. The van der Waals surface area contributed by atoms with Gasteiger partial charge in [-0.2, -0.15) is 0 Å². The molecule has 1 atom stereocenters. The number of carboxylic acids is 1. The lowest BCUT2D eigenvalue weighted by Gasteiger charge is -2.38. The second-order valence-electron chi connectivity index (χ2n) is 6.48. The van der Waals surface area contributed by atoms with Crippen molar-refractivity contribution in [3.05, 3.63) is 47.5 Å². The number of benzene rings is 1. The lowest BCUT2D eigenvalue weighted by molar-refractivity contribution is 0.0615. The van der Waals surface area contributed by atoms with Crippen LogP contribution in [0.1, 0.15) is 52.9 Å². The molecule has 1 aliphatic rings. The largest absolute Gasteiger partial charge is 0.487 e. The minimum atomic E-state index is -1.20. The van der Waals surface area contributed by atoms with Gasteiger partial charge in [-0.15, -0.1) is 0 Å². The number of carbonyl (C=O) groups is 2. The van der Waals surface area contributed by atoms with E-state index in [1.54, 1.807) is 18.2 Å².